The molecular formula is C20H19FN4O2S2. The lowest BCUT2D eigenvalue weighted by atomic mass is 10.0. The van der Waals surface area contributed by atoms with Gasteiger partial charge in [0.2, 0.25) is 11.1 Å². The summed E-state index contributed by atoms with van der Waals surface area (Å²) in [7, 11) is 0. The van der Waals surface area contributed by atoms with Gasteiger partial charge in [-0.3, -0.25) is 0 Å². The van der Waals surface area contributed by atoms with Crippen molar-refractivity contribution in [2.45, 2.75) is 30.8 Å². The molecule has 1 aliphatic rings. The molecule has 0 unspecified atom stereocenters. The number of halogens is 1. The van der Waals surface area contributed by atoms with E-state index in [2.05, 4.69) is 15.4 Å². The van der Waals surface area contributed by atoms with Crippen LogP contribution in [0.15, 0.2) is 58.2 Å². The van der Waals surface area contributed by atoms with Gasteiger partial charge in [0.05, 0.1) is 12.2 Å². The zero-order valence-electron chi connectivity index (χ0n) is 15.9. The molecule has 2 aromatic heterocycles. The Bertz CT molecular complexity index is 1060. The number of nitrogens with zero attached hydrogens (tertiary/aromatic N) is 3. The molecule has 0 aliphatic carbocycles. The number of fused-ring (bicyclic) bond motifs is 1. The molecule has 3 aromatic rings. The van der Waals surface area contributed by atoms with Gasteiger partial charge in [-0.05, 0) is 36.9 Å². The number of anilines is 1. The molecule has 9 heteroatoms. The number of carbonyl (C=O) groups excluding carboxylic acids is 1. The van der Waals surface area contributed by atoms with E-state index in [9.17, 15) is 9.18 Å². The molecule has 0 fully saturated rings. The third-order valence-corrected chi connectivity index (χ3v) is 6.27. The normalized spacial score (nSPS) is 15.8. The number of thiophene rings is 1. The first-order valence-electron chi connectivity index (χ1n) is 9.09. The molecular weight excluding hydrogens is 411 g/mol. The Morgan fingerprint density at radius 3 is 2.90 bits per heavy atom. The maximum Gasteiger partial charge on any atom is 0.338 e. The van der Waals surface area contributed by atoms with Crippen LogP contribution in [0.3, 0.4) is 0 Å². The summed E-state index contributed by atoms with van der Waals surface area (Å²) in [6, 6.07) is 10.1. The van der Waals surface area contributed by atoms with Gasteiger partial charge in [0.25, 0.3) is 0 Å². The number of ether oxygens (including phenoxy) is 1. The van der Waals surface area contributed by atoms with Crippen molar-refractivity contribution in [1.29, 1.82) is 0 Å². The molecule has 6 nitrogen and oxygen atoms in total. The highest BCUT2D eigenvalue weighted by Gasteiger charge is 2.35. The van der Waals surface area contributed by atoms with Crippen molar-refractivity contribution in [3.8, 4) is 0 Å². The van der Waals surface area contributed by atoms with Crippen LogP contribution in [0, 0.1) is 5.82 Å². The largest absolute Gasteiger partial charge is 0.463 e. The number of hydrogen-bond acceptors (Lipinski definition) is 7. The van der Waals surface area contributed by atoms with Crippen molar-refractivity contribution in [3.63, 3.8) is 0 Å². The van der Waals surface area contributed by atoms with E-state index in [1.54, 1.807) is 41.1 Å². The van der Waals surface area contributed by atoms with Gasteiger partial charge in [-0.1, -0.05) is 36.0 Å². The zero-order valence-corrected chi connectivity index (χ0v) is 17.5. The van der Waals surface area contributed by atoms with Crippen LogP contribution in [0.5, 0.6) is 0 Å². The van der Waals surface area contributed by atoms with E-state index >= 15 is 0 Å². The summed E-state index contributed by atoms with van der Waals surface area (Å²) < 4.78 is 20.9. The van der Waals surface area contributed by atoms with Crippen LogP contribution in [-0.2, 0) is 15.3 Å². The average Bonchev–Trinajstić information content (AvgIpc) is 3.36. The Labute approximate surface area is 175 Å². The number of thioether (sulfide) groups is 1. The Hall–Kier alpha value is -2.65. The minimum absolute atomic E-state index is 0.249. The molecule has 0 bridgehead atoms. The third-order valence-electron chi connectivity index (χ3n) is 4.46. The maximum absolute atomic E-state index is 13.9. The average molecular weight is 431 g/mol. The van der Waals surface area contributed by atoms with Crippen molar-refractivity contribution in [2.75, 3.05) is 11.9 Å². The summed E-state index contributed by atoms with van der Waals surface area (Å²) in [5, 5.41) is 10.2. The van der Waals surface area contributed by atoms with E-state index in [-0.39, 0.29) is 11.8 Å². The number of esters is 1. The lowest BCUT2D eigenvalue weighted by molar-refractivity contribution is -0.139. The van der Waals surface area contributed by atoms with E-state index in [1.807, 2.05) is 24.4 Å². The quantitative estimate of drug-likeness (QED) is 0.455. The molecule has 0 saturated carbocycles. The number of rotatable bonds is 6. The Morgan fingerprint density at radius 1 is 1.34 bits per heavy atom. The second-order valence-corrected chi connectivity index (χ2v) is 8.27. The highest BCUT2D eigenvalue weighted by atomic mass is 32.2. The Balaban J connectivity index is 1.66. The van der Waals surface area contributed by atoms with Crippen LogP contribution < -0.4 is 5.32 Å². The predicted molar refractivity (Wildman–Crippen MR) is 111 cm³/mol. The number of aromatic nitrogens is 3. The van der Waals surface area contributed by atoms with Crippen LogP contribution >= 0.6 is 23.1 Å². The van der Waals surface area contributed by atoms with Crippen molar-refractivity contribution < 1.29 is 13.9 Å². The van der Waals surface area contributed by atoms with E-state index in [0.717, 1.165) is 4.88 Å². The van der Waals surface area contributed by atoms with Crippen molar-refractivity contribution in [2.24, 2.45) is 0 Å². The van der Waals surface area contributed by atoms with Crippen LogP contribution in [0.1, 0.15) is 30.3 Å². The van der Waals surface area contributed by atoms with Crippen LogP contribution in [0.4, 0.5) is 10.3 Å². The van der Waals surface area contributed by atoms with Gasteiger partial charge < -0.3 is 10.1 Å². The molecule has 1 aliphatic heterocycles. The van der Waals surface area contributed by atoms with Gasteiger partial charge in [0.1, 0.15) is 11.9 Å². The van der Waals surface area contributed by atoms with Gasteiger partial charge in [0.15, 0.2) is 0 Å². The summed E-state index contributed by atoms with van der Waals surface area (Å²) in [5.74, 6) is 0.333. The van der Waals surface area contributed by atoms with E-state index in [0.29, 0.717) is 40.3 Å². The van der Waals surface area contributed by atoms with Gasteiger partial charge in [-0.15, -0.1) is 16.4 Å². The number of nitrogens with one attached hydrogen (secondary N) is 1. The molecule has 29 heavy (non-hydrogen) atoms. The molecule has 0 radical (unpaired) electrons. The van der Waals surface area contributed by atoms with E-state index < -0.39 is 6.04 Å². The number of carbonyl (C=O) groups is 1. The molecule has 150 valence electrons. The summed E-state index contributed by atoms with van der Waals surface area (Å²) in [6.45, 7) is 3.90. The molecule has 1 aromatic carbocycles. The van der Waals surface area contributed by atoms with Crippen LogP contribution in [0.2, 0.25) is 0 Å². The molecule has 0 amide bonds. The van der Waals surface area contributed by atoms with Crippen molar-refractivity contribution in [3.05, 3.63) is 69.3 Å². The first-order chi connectivity index (χ1) is 14.1. The molecule has 1 atom stereocenters. The van der Waals surface area contributed by atoms with Gasteiger partial charge in [0, 0.05) is 16.3 Å². The molecule has 4 rings (SSSR count). The number of benzene rings is 1. The standard InChI is InChI=1S/C20H19FN4O2S2/c1-3-27-18(26)16-12(2)22-19-23-20(29-11-13-7-4-5-8-14(13)21)24-25(19)17(16)15-9-6-10-28-15/h4-10,17H,3,11H2,1-2H3,(H,22,23,24)/t17-/m1/s1. The lowest BCUT2D eigenvalue weighted by Crippen LogP contribution is -2.29. The van der Waals surface area contributed by atoms with Crippen LogP contribution in [0.25, 0.3) is 0 Å². The Kier molecular flexibility index (Phi) is 5.68. The lowest BCUT2D eigenvalue weighted by Gasteiger charge is -2.26. The number of hydrogen-bond donors (Lipinski definition) is 1. The van der Waals surface area contributed by atoms with Crippen molar-refractivity contribution >= 4 is 35.0 Å². The molecule has 0 saturated heterocycles. The molecule has 0 spiro atoms. The fraction of sp³-hybridized carbons (Fsp3) is 0.250. The van der Waals surface area contributed by atoms with Crippen molar-refractivity contribution in [1.82, 2.24) is 14.8 Å². The van der Waals surface area contributed by atoms with Gasteiger partial charge in [-0.2, -0.15) is 4.98 Å². The Morgan fingerprint density at radius 2 is 2.17 bits per heavy atom. The topological polar surface area (TPSA) is 69.0 Å². The second-order valence-electron chi connectivity index (χ2n) is 6.34. The smallest absolute Gasteiger partial charge is 0.338 e. The second kappa shape index (κ2) is 8.38. The first-order valence-corrected chi connectivity index (χ1v) is 11.0. The fourth-order valence-electron chi connectivity index (χ4n) is 3.13. The van der Waals surface area contributed by atoms with E-state index in [4.69, 9.17) is 4.74 Å². The monoisotopic (exact) mass is 430 g/mol. The third kappa shape index (κ3) is 3.92. The van der Waals surface area contributed by atoms with Crippen LogP contribution in [-0.4, -0.2) is 27.3 Å². The highest BCUT2D eigenvalue weighted by Crippen LogP contribution is 2.38. The fourth-order valence-corrected chi connectivity index (χ4v) is 4.77. The highest BCUT2D eigenvalue weighted by molar-refractivity contribution is 7.98. The van der Waals surface area contributed by atoms with E-state index in [1.165, 1.54) is 17.8 Å². The van der Waals surface area contributed by atoms with Gasteiger partial charge in [-0.25, -0.2) is 13.9 Å². The molecule has 1 N–H and O–H groups in total. The summed E-state index contributed by atoms with van der Waals surface area (Å²) >= 11 is 2.89. The maximum atomic E-state index is 13.9. The number of allylic oxidation sites excluding steroid dienone is 1. The molecule has 3 heterocycles. The summed E-state index contributed by atoms with van der Waals surface area (Å²) in [4.78, 5) is 18.2. The minimum Gasteiger partial charge on any atom is -0.463 e. The first kappa shape index (κ1) is 19.7. The predicted octanol–water partition coefficient (Wildman–Crippen LogP) is 4.62. The zero-order chi connectivity index (χ0) is 20.4. The summed E-state index contributed by atoms with van der Waals surface area (Å²) in [5.41, 5.74) is 1.79. The minimum atomic E-state index is -0.416. The van der Waals surface area contributed by atoms with Gasteiger partial charge >= 0.3 is 5.97 Å². The SMILES string of the molecule is CCOC(=O)C1=C(C)Nc2nc(SCc3ccccc3F)nn2[C@@H]1c1cccs1. The summed E-state index contributed by atoms with van der Waals surface area (Å²) in [6.07, 6.45) is 0.